The molecule has 0 saturated carbocycles. The van der Waals surface area contributed by atoms with Gasteiger partial charge in [-0.2, -0.15) is 0 Å². The summed E-state index contributed by atoms with van der Waals surface area (Å²) >= 11 is 0. The van der Waals surface area contributed by atoms with Crippen molar-refractivity contribution in [3.05, 3.63) is 35.4 Å². The number of rotatable bonds is 3. The first-order chi connectivity index (χ1) is 7.00. The van der Waals surface area contributed by atoms with Crippen molar-refractivity contribution in [2.24, 2.45) is 0 Å². The van der Waals surface area contributed by atoms with Crippen LogP contribution in [0, 0.1) is 0 Å². The van der Waals surface area contributed by atoms with E-state index in [4.69, 9.17) is 9.47 Å². The molecule has 0 atom stereocenters. The second-order valence-corrected chi connectivity index (χ2v) is 4.64. The van der Waals surface area contributed by atoms with Gasteiger partial charge in [0.1, 0.15) is 0 Å². The Balaban J connectivity index is 3.17. The average molecular weight is 208 g/mol. The lowest BCUT2D eigenvalue weighted by molar-refractivity contribution is -0.106. The van der Waals surface area contributed by atoms with E-state index in [0.29, 0.717) is 0 Å². The van der Waals surface area contributed by atoms with E-state index in [-0.39, 0.29) is 11.7 Å². The van der Waals surface area contributed by atoms with E-state index in [1.807, 2.05) is 12.1 Å². The Morgan fingerprint density at radius 2 is 1.53 bits per heavy atom. The molecule has 0 N–H and O–H groups in total. The molecule has 84 valence electrons. The highest BCUT2D eigenvalue weighted by Crippen LogP contribution is 2.30. The lowest BCUT2D eigenvalue weighted by atomic mass is 9.83. The van der Waals surface area contributed by atoms with Crippen LogP contribution in [0.2, 0.25) is 0 Å². The van der Waals surface area contributed by atoms with Crippen molar-refractivity contribution in [1.82, 2.24) is 0 Å². The molecule has 0 bridgehead atoms. The van der Waals surface area contributed by atoms with Gasteiger partial charge in [-0.05, 0) is 11.0 Å². The summed E-state index contributed by atoms with van der Waals surface area (Å²) in [7, 11) is 3.32. The van der Waals surface area contributed by atoms with E-state index in [9.17, 15) is 0 Å². The van der Waals surface area contributed by atoms with Crippen LogP contribution < -0.4 is 0 Å². The summed E-state index contributed by atoms with van der Waals surface area (Å²) in [6.45, 7) is 6.57. The molecule has 0 spiro atoms. The van der Waals surface area contributed by atoms with Gasteiger partial charge >= 0.3 is 0 Å². The molecular formula is C13H20O2. The van der Waals surface area contributed by atoms with Crippen molar-refractivity contribution >= 4 is 0 Å². The van der Waals surface area contributed by atoms with Crippen LogP contribution in [0.25, 0.3) is 0 Å². The van der Waals surface area contributed by atoms with Crippen molar-refractivity contribution < 1.29 is 9.47 Å². The Hall–Kier alpha value is -0.860. The second-order valence-electron chi connectivity index (χ2n) is 4.64. The van der Waals surface area contributed by atoms with Crippen LogP contribution in [0.4, 0.5) is 0 Å². The molecule has 0 heterocycles. The molecule has 0 radical (unpaired) electrons. The first-order valence-electron chi connectivity index (χ1n) is 5.15. The van der Waals surface area contributed by atoms with Gasteiger partial charge in [-0.1, -0.05) is 45.0 Å². The first kappa shape index (κ1) is 12.2. The molecule has 0 saturated heterocycles. The summed E-state index contributed by atoms with van der Waals surface area (Å²) < 4.78 is 10.6. The number of ether oxygens (including phenoxy) is 2. The van der Waals surface area contributed by atoms with Crippen LogP contribution in [-0.4, -0.2) is 14.2 Å². The van der Waals surface area contributed by atoms with Gasteiger partial charge in [-0.15, -0.1) is 0 Å². The minimum absolute atomic E-state index is 0.103. The van der Waals surface area contributed by atoms with E-state index >= 15 is 0 Å². The van der Waals surface area contributed by atoms with Crippen molar-refractivity contribution in [2.45, 2.75) is 32.5 Å². The lowest BCUT2D eigenvalue weighted by Crippen LogP contribution is -2.17. The third-order valence-corrected chi connectivity index (χ3v) is 2.45. The molecule has 1 rings (SSSR count). The highest BCUT2D eigenvalue weighted by molar-refractivity contribution is 5.33. The number of methoxy groups -OCH3 is 2. The fourth-order valence-electron chi connectivity index (χ4n) is 1.74. The molecule has 0 amide bonds. The maximum Gasteiger partial charge on any atom is 0.183 e. The molecular weight excluding hydrogens is 188 g/mol. The molecule has 2 heteroatoms. The Labute approximate surface area is 92.2 Å². The zero-order valence-corrected chi connectivity index (χ0v) is 10.2. The molecule has 0 aliphatic rings. The first-order valence-corrected chi connectivity index (χ1v) is 5.15. The minimum Gasteiger partial charge on any atom is -0.352 e. The summed E-state index contributed by atoms with van der Waals surface area (Å²) in [4.78, 5) is 0. The van der Waals surface area contributed by atoms with Crippen LogP contribution in [0.3, 0.4) is 0 Å². The summed E-state index contributed by atoms with van der Waals surface area (Å²) in [6, 6.07) is 8.24. The van der Waals surface area contributed by atoms with Crippen LogP contribution in [0.5, 0.6) is 0 Å². The van der Waals surface area contributed by atoms with E-state index in [0.717, 1.165) is 5.56 Å². The summed E-state index contributed by atoms with van der Waals surface area (Å²) in [5.41, 5.74) is 2.47. The van der Waals surface area contributed by atoms with Crippen molar-refractivity contribution in [3.8, 4) is 0 Å². The van der Waals surface area contributed by atoms with Crippen molar-refractivity contribution in [2.75, 3.05) is 14.2 Å². The Kier molecular flexibility index (Phi) is 3.89. The van der Waals surface area contributed by atoms with E-state index in [2.05, 4.69) is 32.9 Å². The predicted molar refractivity (Wildman–Crippen MR) is 61.9 cm³/mol. The van der Waals surface area contributed by atoms with Crippen LogP contribution >= 0.6 is 0 Å². The SMILES string of the molecule is COC(OC)c1ccccc1C(C)(C)C. The molecule has 0 aliphatic carbocycles. The van der Waals surface area contributed by atoms with Crippen LogP contribution in [0.1, 0.15) is 38.2 Å². The smallest absolute Gasteiger partial charge is 0.183 e. The van der Waals surface area contributed by atoms with Gasteiger partial charge in [0.15, 0.2) is 6.29 Å². The second kappa shape index (κ2) is 4.77. The van der Waals surface area contributed by atoms with E-state index < -0.39 is 0 Å². The van der Waals surface area contributed by atoms with Crippen LogP contribution in [0.15, 0.2) is 24.3 Å². The average Bonchev–Trinajstić information content (AvgIpc) is 2.19. The molecule has 1 aromatic rings. The zero-order valence-electron chi connectivity index (χ0n) is 10.2. The number of hydrogen-bond donors (Lipinski definition) is 0. The van der Waals surface area contributed by atoms with Crippen LogP contribution in [-0.2, 0) is 14.9 Å². The Morgan fingerprint density at radius 1 is 1.00 bits per heavy atom. The minimum atomic E-state index is -0.277. The van der Waals surface area contributed by atoms with Gasteiger partial charge in [0.2, 0.25) is 0 Å². The molecule has 0 aliphatic heterocycles. The van der Waals surface area contributed by atoms with Gasteiger partial charge < -0.3 is 9.47 Å². The molecule has 0 fully saturated rings. The molecule has 0 unspecified atom stereocenters. The quantitative estimate of drug-likeness (QED) is 0.710. The maximum absolute atomic E-state index is 5.30. The number of hydrogen-bond acceptors (Lipinski definition) is 2. The fraction of sp³-hybridized carbons (Fsp3) is 0.538. The predicted octanol–water partition coefficient (Wildman–Crippen LogP) is 3.28. The molecule has 2 nitrogen and oxygen atoms in total. The highest BCUT2D eigenvalue weighted by atomic mass is 16.7. The largest absolute Gasteiger partial charge is 0.352 e. The molecule has 1 aromatic carbocycles. The summed E-state index contributed by atoms with van der Waals surface area (Å²) in [5, 5.41) is 0. The maximum atomic E-state index is 5.30. The summed E-state index contributed by atoms with van der Waals surface area (Å²) in [5.74, 6) is 0. The van der Waals surface area contributed by atoms with Gasteiger partial charge in [0, 0.05) is 19.8 Å². The van der Waals surface area contributed by atoms with E-state index in [1.165, 1.54) is 5.56 Å². The monoisotopic (exact) mass is 208 g/mol. The van der Waals surface area contributed by atoms with Crippen molar-refractivity contribution in [1.29, 1.82) is 0 Å². The van der Waals surface area contributed by atoms with Gasteiger partial charge in [-0.25, -0.2) is 0 Å². The van der Waals surface area contributed by atoms with Gasteiger partial charge in [-0.3, -0.25) is 0 Å². The molecule has 15 heavy (non-hydrogen) atoms. The third-order valence-electron chi connectivity index (χ3n) is 2.45. The van der Waals surface area contributed by atoms with Gasteiger partial charge in [0.25, 0.3) is 0 Å². The number of benzene rings is 1. The highest BCUT2D eigenvalue weighted by Gasteiger charge is 2.21. The van der Waals surface area contributed by atoms with Crippen molar-refractivity contribution in [3.63, 3.8) is 0 Å². The third kappa shape index (κ3) is 2.80. The Bertz CT molecular complexity index is 309. The Morgan fingerprint density at radius 3 is 2.00 bits per heavy atom. The lowest BCUT2D eigenvalue weighted by Gasteiger charge is -2.26. The van der Waals surface area contributed by atoms with Gasteiger partial charge in [0.05, 0.1) is 0 Å². The standard InChI is InChI=1S/C13H20O2/c1-13(2,3)11-9-7-6-8-10(11)12(14-4)15-5/h6-9,12H,1-5H3. The molecule has 0 aromatic heterocycles. The van der Waals surface area contributed by atoms with E-state index in [1.54, 1.807) is 14.2 Å². The normalized spacial score (nSPS) is 12.1. The topological polar surface area (TPSA) is 18.5 Å². The zero-order chi connectivity index (χ0) is 11.5. The fourth-order valence-corrected chi connectivity index (χ4v) is 1.74. The summed E-state index contributed by atoms with van der Waals surface area (Å²) in [6.07, 6.45) is -0.277.